The second-order valence-electron chi connectivity index (χ2n) is 7.74. The zero-order chi connectivity index (χ0) is 23.6. The van der Waals surface area contributed by atoms with Gasteiger partial charge in [0.05, 0.1) is 6.61 Å². The molecule has 0 fully saturated rings. The minimum atomic E-state index is -1.46. The summed E-state index contributed by atoms with van der Waals surface area (Å²) in [5.41, 5.74) is 3.43. The number of cyclic esters (lactones) is 1. The molecule has 3 N–H and O–H groups in total. The van der Waals surface area contributed by atoms with Gasteiger partial charge in [-0.2, -0.15) is 0 Å². The topological polar surface area (TPSA) is 123 Å². The van der Waals surface area contributed by atoms with E-state index in [9.17, 15) is 24.9 Å². The van der Waals surface area contributed by atoms with Crippen molar-refractivity contribution in [2.24, 2.45) is 0 Å². The molecule has 0 saturated carbocycles. The van der Waals surface area contributed by atoms with E-state index >= 15 is 0 Å². The molecular formula is C25H28O8. The van der Waals surface area contributed by atoms with Crippen LogP contribution in [0.4, 0.5) is 0 Å². The van der Waals surface area contributed by atoms with Crippen molar-refractivity contribution >= 4 is 11.9 Å². The van der Waals surface area contributed by atoms with Gasteiger partial charge in [-0.15, -0.1) is 0 Å². The Labute approximate surface area is 192 Å². The average molecular weight is 456 g/mol. The molecule has 8 heteroatoms. The van der Waals surface area contributed by atoms with E-state index in [0.29, 0.717) is 19.6 Å². The highest BCUT2D eigenvalue weighted by Gasteiger charge is 2.39. The summed E-state index contributed by atoms with van der Waals surface area (Å²) in [6.07, 6.45) is -0.537. The molecule has 176 valence electrons. The second kappa shape index (κ2) is 12.0. The van der Waals surface area contributed by atoms with Gasteiger partial charge in [-0.25, -0.2) is 4.79 Å². The van der Waals surface area contributed by atoms with Crippen molar-refractivity contribution in [2.45, 2.75) is 44.5 Å². The van der Waals surface area contributed by atoms with E-state index in [1.807, 2.05) is 18.2 Å². The van der Waals surface area contributed by atoms with Crippen LogP contribution >= 0.6 is 0 Å². The predicted molar refractivity (Wildman–Crippen MR) is 119 cm³/mol. The standard InChI is InChI=1S/C25H28O8/c26-20(24-22(28)23(29)25(30)33-24)16-32-21(27)9-5-2-6-14-31-15-17-10-12-19(13-11-17)18-7-3-1-4-8-18/h1,3-4,7-8,10-13,20,24,26,28-29H,2,5-6,9,14-16H2/t20-,24+/m0/s1. The Kier molecular flexibility index (Phi) is 8.86. The highest BCUT2D eigenvalue weighted by Crippen LogP contribution is 2.22. The third kappa shape index (κ3) is 7.06. The lowest BCUT2D eigenvalue weighted by Crippen LogP contribution is -2.33. The van der Waals surface area contributed by atoms with E-state index in [1.54, 1.807) is 0 Å². The summed E-state index contributed by atoms with van der Waals surface area (Å²) >= 11 is 0. The molecule has 0 aromatic heterocycles. The van der Waals surface area contributed by atoms with Crippen LogP contribution in [0.25, 0.3) is 11.1 Å². The lowest BCUT2D eigenvalue weighted by Gasteiger charge is -2.17. The van der Waals surface area contributed by atoms with Crippen molar-refractivity contribution < 1.29 is 39.1 Å². The smallest absolute Gasteiger partial charge is 0.377 e. The molecule has 3 rings (SSSR count). The average Bonchev–Trinajstić information content (AvgIpc) is 3.10. The Morgan fingerprint density at radius 3 is 2.33 bits per heavy atom. The summed E-state index contributed by atoms with van der Waals surface area (Å²) in [7, 11) is 0. The van der Waals surface area contributed by atoms with Crippen LogP contribution in [-0.2, 0) is 30.4 Å². The molecule has 33 heavy (non-hydrogen) atoms. The minimum absolute atomic E-state index is 0.172. The number of ether oxygens (including phenoxy) is 3. The number of unbranched alkanes of at least 4 members (excludes halogenated alkanes) is 2. The van der Waals surface area contributed by atoms with Gasteiger partial charge in [0.1, 0.15) is 12.7 Å². The first-order chi connectivity index (χ1) is 16.0. The molecule has 0 unspecified atom stereocenters. The van der Waals surface area contributed by atoms with Crippen molar-refractivity contribution in [3.05, 3.63) is 71.7 Å². The molecule has 0 radical (unpaired) electrons. The first kappa shape index (κ1) is 24.3. The van der Waals surface area contributed by atoms with Gasteiger partial charge < -0.3 is 29.5 Å². The molecule has 0 bridgehead atoms. The molecule has 2 atom stereocenters. The van der Waals surface area contributed by atoms with E-state index in [4.69, 9.17) is 9.47 Å². The molecule has 1 aliphatic heterocycles. The maximum absolute atomic E-state index is 11.8. The molecule has 0 amide bonds. The van der Waals surface area contributed by atoms with Gasteiger partial charge in [0.2, 0.25) is 5.76 Å². The Hall–Kier alpha value is -3.36. The lowest BCUT2D eigenvalue weighted by molar-refractivity contribution is -0.154. The van der Waals surface area contributed by atoms with E-state index in [0.717, 1.165) is 24.0 Å². The molecular weight excluding hydrogens is 428 g/mol. The van der Waals surface area contributed by atoms with Crippen molar-refractivity contribution in [3.63, 3.8) is 0 Å². The van der Waals surface area contributed by atoms with E-state index in [-0.39, 0.29) is 6.42 Å². The van der Waals surface area contributed by atoms with Crippen molar-refractivity contribution in [2.75, 3.05) is 13.2 Å². The zero-order valence-corrected chi connectivity index (χ0v) is 18.2. The monoisotopic (exact) mass is 456 g/mol. The summed E-state index contributed by atoms with van der Waals surface area (Å²) in [6, 6.07) is 18.4. The maximum Gasteiger partial charge on any atom is 0.377 e. The predicted octanol–water partition coefficient (Wildman–Crippen LogP) is 3.59. The quantitative estimate of drug-likeness (QED) is 0.327. The third-order valence-electron chi connectivity index (χ3n) is 5.20. The molecule has 0 spiro atoms. The maximum atomic E-state index is 11.8. The molecule has 2 aromatic carbocycles. The molecule has 0 aliphatic carbocycles. The molecule has 8 nitrogen and oxygen atoms in total. The Bertz CT molecular complexity index is 952. The van der Waals surface area contributed by atoms with Gasteiger partial charge in [-0.05, 0) is 29.5 Å². The number of rotatable bonds is 12. The summed E-state index contributed by atoms with van der Waals surface area (Å²) < 4.78 is 15.2. The van der Waals surface area contributed by atoms with E-state index < -0.39 is 42.3 Å². The fraction of sp³-hybridized carbons (Fsp3) is 0.360. The SMILES string of the molecule is O=C(CCCCCOCc1ccc(-c2ccccc2)cc1)OC[C@H](O)[C@H]1OC(=O)C(O)=C1O. The van der Waals surface area contributed by atoms with E-state index in [1.165, 1.54) is 5.56 Å². The van der Waals surface area contributed by atoms with Gasteiger partial charge >= 0.3 is 11.9 Å². The lowest BCUT2D eigenvalue weighted by atomic mass is 10.0. The number of carbonyl (C=O) groups is 2. The van der Waals surface area contributed by atoms with Gasteiger partial charge in [0, 0.05) is 13.0 Å². The second-order valence-corrected chi connectivity index (χ2v) is 7.74. The van der Waals surface area contributed by atoms with Crippen LogP contribution < -0.4 is 0 Å². The first-order valence-electron chi connectivity index (χ1n) is 10.8. The van der Waals surface area contributed by atoms with Gasteiger partial charge in [-0.3, -0.25) is 4.79 Å². The highest BCUT2D eigenvalue weighted by atomic mass is 16.6. The van der Waals surface area contributed by atoms with Crippen molar-refractivity contribution in [3.8, 4) is 11.1 Å². The summed E-state index contributed by atoms with van der Waals surface area (Å²) in [5, 5.41) is 28.6. The summed E-state index contributed by atoms with van der Waals surface area (Å²) in [6.45, 7) is 0.647. The molecule has 1 heterocycles. The van der Waals surface area contributed by atoms with Crippen LogP contribution in [0.15, 0.2) is 66.1 Å². The van der Waals surface area contributed by atoms with Crippen LogP contribution in [0.3, 0.4) is 0 Å². The number of benzene rings is 2. The minimum Gasteiger partial charge on any atom is -0.505 e. The Balaban J connectivity index is 1.23. The van der Waals surface area contributed by atoms with Crippen LogP contribution in [-0.4, -0.2) is 52.7 Å². The molecule has 0 saturated heterocycles. The number of aliphatic hydroxyl groups excluding tert-OH is 3. The fourth-order valence-electron chi connectivity index (χ4n) is 3.33. The highest BCUT2D eigenvalue weighted by molar-refractivity contribution is 5.89. The summed E-state index contributed by atoms with van der Waals surface area (Å²) in [4.78, 5) is 22.9. The van der Waals surface area contributed by atoms with Crippen LogP contribution in [0, 0.1) is 0 Å². The first-order valence-corrected chi connectivity index (χ1v) is 10.8. The van der Waals surface area contributed by atoms with Crippen LogP contribution in [0.5, 0.6) is 0 Å². The zero-order valence-electron chi connectivity index (χ0n) is 18.2. The fourth-order valence-corrected chi connectivity index (χ4v) is 3.33. The van der Waals surface area contributed by atoms with Gasteiger partial charge in [0.25, 0.3) is 0 Å². The summed E-state index contributed by atoms with van der Waals surface area (Å²) in [5.74, 6) is -3.35. The van der Waals surface area contributed by atoms with Gasteiger partial charge in [0.15, 0.2) is 11.9 Å². The number of carbonyl (C=O) groups excluding carboxylic acids is 2. The third-order valence-corrected chi connectivity index (χ3v) is 5.20. The number of hydrogen-bond acceptors (Lipinski definition) is 8. The number of aliphatic hydroxyl groups is 3. The van der Waals surface area contributed by atoms with Crippen molar-refractivity contribution in [1.29, 1.82) is 0 Å². The van der Waals surface area contributed by atoms with Crippen LogP contribution in [0.1, 0.15) is 31.2 Å². The normalized spacial score (nSPS) is 16.5. The number of esters is 2. The van der Waals surface area contributed by atoms with Gasteiger partial charge in [-0.1, -0.05) is 61.0 Å². The van der Waals surface area contributed by atoms with Crippen molar-refractivity contribution in [1.82, 2.24) is 0 Å². The van der Waals surface area contributed by atoms with E-state index in [2.05, 4.69) is 41.1 Å². The molecule has 2 aromatic rings. The Morgan fingerprint density at radius 2 is 1.67 bits per heavy atom. The Morgan fingerprint density at radius 1 is 0.970 bits per heavy atom. The molecule has 1 aliphatic rings. The largest absolute Gasteiger partial charge is 0.505 e. The number of hydrogen-bond donors (Lipinski definition) is 3. The van der Waals surface area contributed by atoms with Crippen LogP contribution in [0.2, 0.25) is 0 Å².